The van der Waals surface area contributed by atoms with E-state index in [1.54, 1.807) is 11.8 Å². The number of ketones is 1. The number of ether oxygens (including phenoxy) is 1. The maximum absolute atomic E-state index is 12.0. The predicted molar refractivity (Wildman–Crippen MR) is 73.4 cm³/mol. The van der Waals surface area contributed by atoms with Crippen LogP contribution in [0.15, 0.2) is 33.6 Å². The molecule has 0 amide bonds. The fourth-order valence-electron chi connectivity index (χ4n) is 1.85. The van der Waals surface area contributed by atoms with Crippen LogP contribution in [-0.4, -0.2) is 24.7 Å². The van der Waals surface area contributed by atoms with E-state index in [9.17, 15) is 4.79 Å². The molecule has 0 N–H and O–H groups in total. The Morgan fingerprint density at radius 3 is 2.88 bits per heavy atom. The minimum absolute atomic E-state index is 0.211. The molecule has 0 spiro atoms. The van der Waals surface area contributed by atoms with Crippen molar-refractivity contribution in [1.29, 1.82) is 0 Å². The first-order valence-electron chi connectivity index (χ1n) is 5.74. The molecule has 92 valence electrons. The van der Waals surface area contributed by atoms with Gasteiger partial charge in [-0.1, -0.05) is 22.0 Å². The second kappa shape index (κ2) is 6.57. The van der Waals surface area contributed by atoms with Crippen LogP contribution in [0.5, 0.6) is 0 Å². The van der Waals surface area contributed by atoms with Gasteiger partial charge in [0.25, 0.3) is 0 Å². The number of thioether (sulfide) groups is 1. The van der Waals surface area contributed by atoms with E-state index in [2.05, 4.69) is 15.9 Å². The molecular weight excluding hydrogens is 300 g/mol. The number of hydrogen-bond acceptors (Lipinski definition) is 3. The molecule has 0 radical (unpaired) electrons. The van der Waals surface area contributed by atoms with E-state index in [0.29, 0.717) is 11.5 Å². The van der Waals surface area contributed by atoms with E-state index in [0.717, 1.165) is 35.4 Å². The number of hydrogen-bond donors (Lipinski definition) is 0. The van der Waals surface area contributed by atoms with Gasteiger partial charge in [0.2, 0.25) is 0 Å². The number of rotatable bonds is 4. The molecule has 1 aromatic carbocycles. The Hall–Kier alpha value is -0.320. The van der Waals surface area contributed by atoms with Crippen LogP contribution in [0.2, 0.25) is 0 Å². The number of carbonyl (C=O) groups excluding carboxylic acids is 1. The van der Waals surface area contributed by atoms with Crippen molar-refractivity contribution in [3.63, 3.8) is 0 Å². The lowest BCUT2D eigenvalue weighted by Gasteiger charge is -2.20. The Balaban J connectivity index is 1.83. The van der Waals surface area contributed by atoms with Crippen LogP contribution in [0, 0.1) is 5.92 Å². The van der Waals surface area contributed by atoms with Gasteiger partial charge in [0.1, 0.15) is 5.78 Å². The van der Waals surface area contributed by atoms with Gasteiger partial charge < -0.3 is 4.74 Å². The topological polar surface area (TPSA) is 26.3 Å². The van der Waals surface area contributed by atoms with Gasteiger partial charge in [-0.3, -0.25) is 4.79 Å². The van der Waals surface area contributed by atoms with Crippen molar-refractivity contribution >= 4 is 33.5 Å². The molecule has 17 heavy (non-hydrogen) atoms. The van der Waals surface area contributed by atoms with Gasteiger partial charge in [0.05, 0.1) is 5.75 Å². The van der Waals surface area contributed by atoms with Crippen molar-refractivity contribution in [3.05, 3.63) is 28.7 Å². The summed E-state index contributed by atoms with van der Waals surface area (Å²) in [5.74, 6) is 1.14. The third kappa shape index (κ3) is 4.12. The average molecular weight is 315 g/mol. The van der Waals surface area contributed by atoms with Crippen molar-refractivity contribution in [3.8, 4) is 0 Å². The quantitative estimate of drug-likeness (QED) is 0.795. The predicted octanol–water partition coefficient (Wildman–Crippen LogP) is 3.54. The largest absolute Gasteiger partial charge is 0.381 e. The van der Waals surface area contributed by atoms with Crippen molar-refractivity contribution in [1.82, 2.24) is 0 Å². The normalized spacial score (nSPS) is 17.0. The maximum atomic E-state index is 12.0. The zero-order valence-corrected chi connectivity index (χ0v) is 11.9. The van der Waals surface area contributed by atoms with Crippen LogP contribution in [0.4, 0.5) is 0 Å². The van der Waals surface area contributed by atoms with E-state index in [1.165, 1.54) is 0 Å². The molecule has 2 nitrogen and oxygen atoms in total. The summed E-state index contributed by atoms with van der Waals surface area (Å²) in [6.07, 6.45) is 1.77. The summed E-state index contributed by atoms with van der Waals surface area (Å²) < 4.78 is 6.32. The van der Waals surface area contributed by atoms with Crippen molar-refractivity contribution in [2.75, 3.05) is 19.0 Å². The maximum Gasteiger partial charge on any atom is 0.146 e. The first-order valence-corrected chi connectivity index (χ1v) is 7.52. The highest BCUT2D eigenvalue weighted by Crippen LogP contribution is 2.24. The fraction of sp³-hybridized carbons (Fsp3) is 0.462. The van der Waals surface area contributed by atoms with E-state index in [-0.39, 0.29) is 5.92 Å². The summed E-state index contributed by atoms with van der Waals surface area (Å²) in [5, 5.41) is 0. The van der Waals surface area contributed by atoms with Crippen molar-refractivity contribution in [2.45, 2.75) is 17.7 Å². The molecular formula is C13H15BrO2S. The van der Waals surface area contributed by atoms with Gasteiger partial charge in [-0.05, 0) is 31.0 Å². The summed E-state index contributed by atoms with van der Waals surface area (Å²) >= 11 is 5.05. The Labute approximate surface area is 114 Å². The van der Waals surface area contributed by atoms with Gasteiger partial charge in [-0.15, -0.1) is 11.8 Å². The minimum atomic E-state index is 0.211. The zero-order valence-electron chi connectivity index (χ0n) is 9.52. The van der Waals surface area contributed by atoms with E-state index in [1.807, 2.05) is 24.3 Å². The minimum Gasteiger partial charge on any atom is -0.381 e. The Morgan fingerprint density at radius 1 is 1.41 bits per heavy atom. The Bertz CT molecular complexity index is 389. The van der Waals surface area contributed by atoms with Crippen LogP contribution in [0.1, 0.15) is 12.8 Å². The lowest BCUT2D eigenvalue weighted by Crippen LogP contribution is -2.24. The molecule has 0 bridgehead atoms. The molecule has 0 atom stereocenters. The highest BCUT2D eigenvalue weighted by Gasteiger charge is 2.21. The molecule has 0 unspecified atom stereocenters. The van der Waals surface area contributed by atoms with Crippen LogP contribution < -0.4 is 0 Å². The summed E-state index contributed by atoms with van der Waals surface area (Å²) in [5.41, 5.74) is 0. The molecule has 1 aromatic rings. The van der Waals surface area contributed by atoms with Crippen LogP contribution in [0.3, 0.4) is 0 Å². The van der Waals surface area contributed by atoms with E-state index in [4.69, 9.17) is 4.74 Å². The molecule has 0 aliphatic carbocycles. The van der Waals surface area contributed by atoms with Crippen molar-refractivity contribution < 1.29 is 9.53 Å². The molecule has 0 saturated carbocycles. The standard InChI is InChI=1S/C13H15BrO2S/c14-11-2-1-3-12(8-11)17-9-13(15)10-4-6-16-7-5-10/h1-3,8,10H,4-7,9H2. The van der Waals surface area contributed by atoms with Gasteiger partial charge in [0, 0.05) is 28.5 Å². The van der Waals surface area contributed by atoms with Gasteiger partial charge >= 0.3 is 0 Å². The van der Waals surface area contributed by atoms with Gasteiger partial charge in [0.15, 0.2) is 0 Å². The van der Waals surface area contributed by atoms with Crippen LogP contribution in [-0.2, 0) is 9.53 Å². The number of halogens is 1. The van der Waals surface area contributed by atoms with Crippen molar-refractivity contribution in [2.24, 2.45) is 5.92 Å². The third-order valence-electron chi connectivity index (χ3n) is 2.85. The number of carbonyl (C=O) groups is 1. The highest BCUT2D eigenvalue weighted by molar-refractivity contribution is 9.10. The lowest BCUT2D eigenvalue weighted by molar-refractivity contribution is -0.123. The smallest absolute Gasteiger partial charge is 0.146 e. The van der Waals surface area contributed by atoms with Crippen LogP contribution >= 0.6 is 27.7 Å². The van der Waals surface area contributed by atoms with E-state index < -0.39 is 0 Å². The molecule has 1 fully saturated rings. The highest BCUT2D eigenvalue weighted by atomic mass is 79.9. The molecule has 1 saturated heterocycles. The molecule has 1 heterocycles. The second-order valence-electron chi connectivity index (χ2n) is 4.10. The summed E-state index contributed by atoms with van der Waals surface area (Å²) in [6.45, 7) is 1.47. The number of benzene rings is 1. The lowest BCUT2D eigenvalue weighted by atomic mass is 9.96. The first kappa shape index (κ1) is 13.1. The van der Waals surface area contributed by atoms with Gasteiger partial charge in [-0.25, -0.2) is 0 Å². The fourth-order valence-corrected chi connectivity index (χ4v) is 3.33. The molecule has 0 aromatic heterocycles. The zero-order chi connectivity index (χ0) is 12.1. The second-order valence-corrected chi connectivity index (χ2v) is 6.06. The summed E-state index contributed by atoms with van der Waals surface area (Å²) in [4.78, 5) is 13.1. The summed E-state index contributed by atoms with van der Waals surface area (Å²) in [6, 6.07) is 8.06. The van der Waals surface area contributed by atoms with Crippen LogP contribution in [0.25, 0.3) is 0 Å². The average Bonchev–Trinajstić information content (AvgIpc) is 2.37. The Morgan fingerprint density at radius 2 is 2.18 bits per heavy atom. The monoisotopic (exact) mass is 314 g/mol. The SMILES string of the molecule is O=C(CSc1cccc(Br)c1)C1CCOCC1. The van der Waals surface area contributed by atoms with E-state index >= 15 is 0 Å². The summed E-state index contributed by atoms with van der Waals surface area (Å²) in [7, 11) is 0. The molecule has 2 rings (SSSR count). The molecule has 1 aliphatic heterocycles. The third-order valence-corrected chi connectivity index (χ3v) is 4.36. The first-order chi connectivity index (χ1) is 8.25. The molecule has 4 heteroatoms. The molecule has 1 aliphatic rings. The number of Topliss-reactive ketones (excluding diaryl/α,β-unsaturated/α-hetero) is 1. The van der Waals surface area contributed by atoms with Gasteiger partial charge in [-0.2, -0.15) is 0 Å². The Kier molecular flexibility index (Phi) is 5.07.